The molecule has 0 radical (unpaired) electrons. The van der Waals surface area contributed by atoms with Crippen molar-refractivity contribution in [1.82, 2.24) is 4.57 Å². The van der Waals surface area contributed by atoms with Crippen LogP contribution in [0.25, 0.3) is 10.8 Å². The Labute approximate surface area is 134 Å². The summed E-state index contributed by atoms with van der Waals surface area (Å²) >= 11 is 0. The van der Waals surface area contributed by atoms with Crippen molar-refractivity contribution in [2.24, 2.45) is 5.92 Å². The van der Waals surface area contributed by atoms with E-state index >= 15 is 0 Å². The Morgan fingerprint density at radius 3 is 2.70 bits per heavy atom. The Morgan fingerprint density at radius 1 is 1.30 bits per heavy atom. The van der Waals surface area contributed by atoms with Gasteiger partial charge in [-0.1, -0.05) is 5.92 Å². The van der Waals surface area contributed by atoms with Crippen LogP contribution < -0.4 is 10.5 Å². The minimum Gasteiger partial charge on any atom is -0.481 e. The molecule has 1 N–H and O–H groups in total. The number of benzene rings is 1. The number of aliphatic carboxylic acids is 1. The van der Waals surface area contributed by atoms with Gasteiger partial charge in [0.1, 0.15) is 0 Å². The number of terminal acetylenes is 1. The quantitative estimate of drug-likeness (QED) is 0.880. The number of piperidine rings is 1. The predicted molar refractivity (Wildman–Crippen MR) is 89.6 cm³/mol. The van der Waals surface area contributed by atoms with Crippen LogP contribution in [-0.4, -0.2) is 28.7 Å². The lowest BCUT2D eigenvalue weighted by Gasteiger charge is -2.32. The number of carbonyl (C=O) groups is 1. The molecular weight excluding hydrogens is 292 g/mol. The molecule has 0 bridgehead atoms. The fraction of sp³-hybridized carbons (Fsp3) is 0.333. The molecular formula is C18H18N2O3. The van der Waals surface area contributed by atoms with Gasteiger partial charge < -0.3 is 14.6 Å². The molecule has 0 atom stereocenters. The van der Waals surface area contributed by atoms with Gasteiger partial charge in [0.15, 0.2) is 0 Å². The van der Waals surface area contributed by atoms with E-state index in [0.717, 1.165) is 24.2 Å². The highest BCUT2D eigenvalue weighted by Crippen LogP contribution is 2.25. The van der Waals surface area contributed by atoms with Crippen LogP contribution >= 0.6 is 0 Å². The van der Waals surface area contributed by atoms with Crippen molar-refractivity contribution >= 4 is 22.4 Å². The van der Waals surface area contributed by atoms with E-state index < -0.39 is 5.97 Å². The van der Waals surface area contributed by atoms with Crippen LogP contribution in [0.5, 0.6) is 0 Å². The van der Waals surface area contributed by atoms with Crippen LogP contribution in [0.15, 0.2) is 35.3 Å². The molecule has 3 rings (SSSR count). The summed E-state index contributed by atoms with van der Waals surface area (Å²) in [4.78, 5) is 25.5. The first-order chi connectivity index (χ1) is 11.1. The molecule has 2 aromatic rings. The number of fused-ring (bicyclic) bond motifs is 1. The third kappa shape index (κ3) is 2.93. The number of hydrogen-bond acceptors (Lipinski definition) is 3. The molecule has 5 heteroatoms. The van der Waals surface area contributed by atoms with Crippen LogP contribution in [-0.2, 0) is 11.3 Å². The van der Waals surface area contributed by atoms with Gasteiger partial charge in [0.05, 0.1) is 12.5 Å². The fourth-order valence-electron chi connectivity index (χ4n) is 3.08. The summed E-state index contributed by atoms with van der Waals surface area (Å²) in [5.74, 6) is 1.51. The SMILES string of the molecule is C#CCn1ccc2cc(N3CCC(C(=O)O)CC3)ccc2c1=O. The molecule has 0 spiro atoms. The highest BCUT2D eigenvalue weighted by molar-refractivity contribution is 5.85. The maximum atomic E-state index is 12.3. The average molecular weight is 310 g/mol. The van der Waals surface area contributed by atoms with E-state index in [1.54, 1.807) is 6.20 Å². The molecule has 0 aliphatic carbocycles. The van der Waals surface area contributed by atoms with E-state index in [-0.39, 0.29) is 18.0 Å². The maximum absolute atomic E-state index is 12.3. The second-order valence-corrected chi connectivity index (χ2v) is 5.82. The molecule has 1 aliphatic heterocycles. The Balaban J connectivity index is 1.87. The van der Waals surface area contributed by atoms with E-state index in [1.165, 1.54) is 4.57 Å². The van der Waals surface area contributed by atoms with E-state index in [4.69, 9.17) is 11.5 Å². The average Bonchev–Trinajstić information content (AvgIpc) is 2.57. The monoisotopic (exact) mass is 310 g/mol. The van der Waals surface area contributed by atoms with Crippen molar-refractivity contribution in [3.05, 3.63) is 40.8 Å². The molecule has 2 heterocycles. The van der Waals surface area contributed by atoms with Crippen molar-refractivity contribution in [3.63, 3.8) is 0 Å². The lowest BCUT2D eigenvalue weighted by molar-refractivity contribution is -0.142. The van der Waals surface area contributed by atoms with Gasteiger partial charge in [-0.05, 0) is 42.5 Å². The fourth-order valence-corrected chi connectivity index (χ4v) is 3.08. The first-order valence-corrected chi connectivity index (χ1v) is 7.64. The summed E-state index contributed by atoms with van der Waals surface area (Å²) in [5.41, 5.74) is 0.937. The maximum Gasteiger partial charge on any atom is 0.306 e. The molecule has 23 heavy (non-hydrogen) atoms. The van der Waals surface area contributed by atoms with Crippen molar-refractivity contribution < 1.29 is 9.90 Å². The van der Waals surface area contributed by atoms with Crippen LogP contribution in [0.2, 0.25) is 0 Å². The van der Waals surface area contributed by atoms with E-state index in [0.29, 0.717) is 18.2 Å². The molecule has 1 saturated heterocycles. The normalized spacial score (nSPS) is 15.5. The van der Waals surface area contributed by atoms with Gasteiger partial charge in [-0.15, -0.1) is 6.42 Å². The van der Waals surface area contributed by atoms with Gasteiger partial charge >= 0.3 is 5.97 Å². The number of hydrogen-bond donors (Lipinski definition) is 1. The van der Waals surface area contributed by atoms with Crippen molar-refractivity contribution in [1.29, 1.82) is 0 Å². The molecule has 118 valence electrons. The summed E-state index contributed by atoms with van der Waals surface area (Å²) in [5, 5.41) is 10.6. The molecule has 1 fully saturated rings. The Bertz CT molecular complexity index is 839. The Morgan fingerprint density at radius 2 is 2.04 bits per heavy atom. The van der Waals surface area contributed by atoms with E-state index in [1.807, 2.05) is 24.3 Å². The molecule has 1 aromatic heterocycles. The number of nitrogens with zero attached hydrogens (tertiary/aromatic N) is 2. The zero-order valence-corrected chi connectivity index (χ0v) is 12.7. The summed E-state index contributed by atoms with van der Waals surface area (Å²) in [6, 6.07) is 7.62. The number of rotatable bonds is 3. The second-order valence-electron chi connectivity index (χ2n) is 5.82. The molecule has 5 nitrogen and oxygen atoms in total. The molecule has 1 aliphatic rings. The van der Waals surface area contributed by atoms with Gasteiger partial charge in [0.25, 0.3) is 5.56 Å². The number of pyridine rings is 1. The van der Waals surface area contributed by atoms with E-state index in [2.05, 4.69) is 10.8 Å². The summed E-state index contributed by atoms with van der Waals surface area (Å²) in [7, 11) is 0. The molecule has 0 saturated carbocycles. The summed E-state index contributed by atoms with van der Waals surface area (Å²) < 4.78 is 1.51. The van der Waals surface area contributed by atoms with Gasteiger partial charge in [-0.3, -0.25) is 9.59 Å². The lowest BCUT2D eigenvalue weighted by atomic mass is 9.96. The predicted octanol–water partition coefficient (Wildman–Crippen LogP) is 1.94. The van der Waals surface area contributed by atoms with Crippen molar-refractivity contribution in [2.45, 2.75) is 19.4 Å². The zero-order chi connectivity index (χ0) is 16.4. The van der Waals surface area contributed by atoms with Crippen LogP contribution in [0.4, 0.5) is 5.69 Å². The topological polar surface area (TPSA) is 62.5 Å². The van der Waals surface area contributed by atoms with Gasteiger partial charge in [-0.2, -0.15) is 0 Å². The molecule has 0 unspecified atom stereocenters. The second kappa shape index (κ2) is 6.17. The van der Waals surface area contributed by atoms with Crippen LogP contribution in [0.3, 0.4) is 0 Å². The first kappa shape index (κ1) is 15.2. The lowest BCUT2D eigenvalue weighted by Crippen LogP contribution is -2.36. The number of aromatic nitrogens is 1. The number of anilines is 1. The minimum atomic E-state index is -0.711. The zero-order valence-electron chi connectivity index (χ0n) is 12.7. The minimum absolute atomic E-state index is 0.0865. The van der Waals surface area contributed by atoms with Crippen molar-refractivity contribution in [3.8, 4) is 12.3 Å². The van der Waals surface area contributed by atoms with Crippen LogP contribution in [0.1, 0.15) is 12.8 Å². The van der Waals surface area contributed by atoms with E-state index in [9.17, 15) is 9.59 Å². The number of carboxylic acid groups (broad SMARTS) is 1. The number of carboxylic acids is 1. The molecule has 1 aromatic carbocycles. The Kier molecular flexibility index (Phi) is 4.07. The summed E-state index contributed by atoms with van der Waals surface area (Å²) in [6.45, 7) is 1.70. The Hall–Kier alpha value is -2.74. The molecule has 0 amide bonds. The highest BCUT2D eigenvalue weighted by Gasteiger charge is 2.24. The highest BCUT2D eigenvalue weighted by atomic mass is 16.4. The smallest absolute Gasteiger partial charge is 0.306 e. The largest absolute Gasteiger partial charge is 0.481 e. The van der Waals surface area contributed by atoms with Gasteiger partial charge in [0.2, 0.25) is 0 Å². The van der Waals surface area contributed by atoms with Crippen molar-refractivity contribution in [2.75, 3.05) is 18.0 Å². The first-order valence-electron chi connectivity index (χ1n) is 7.64. The standard InChI is InChI=1S/C18H18N2O3/c1-2-8-20-11-7-14-12-15(3-4-16(14)17(20)21)19-9-5-13(6-10-19)18(22)23/h1,3-4,7,11-13H,5-6,8-10H2,(H,22,23). The van der Waals surface area contributed by atoms with Crippen LogP contribution in [0, 0.1) is 18.3 Å². The third-order valence-electron chi connectivity index (χ3n) is 4.43. The van der Waals surface area contributed by atoms with Gasteiger partial charge in [0, 0.05) is 30.4 Å². The summed E-state index contributed by atoms with van der Waals surface area (Å²) in [6.07, 6.45) is 8.28. The third-order valence-corrected chi connectivity index (χ3v) is 4.43. The van der Waals surface area contributed by atoms with Gasteiger partial charge in [-0.25, -0.2) is 0 Å².